The van der Waals surface area contributed by atoms with Crippen molar-refractivity contribution < 1.29 is 27.5 Å². The number of alkyl halides is 4. The molecule has 4 nitrogen and oxygen atoms in total. The SMILES string of the molecule is O=C(c1cncc(C(F)(F)F)c1)N(Cl)CC1(O)CCC(F)CC1c1ccccc1Cl. The van der Waals surface area contributed by atoms with Gasteiger partial charge in [0.1, 0.15) is 6.17 Å². The monoisotopic (exact) mass is 464 g/mol. The zero-order valence-electron chi connectivity index (χ0n) is 15.5. The third-order valence-corrected chi connectivity index (χ3v) is 5.87. The summed E-state index contributed by atoms with van der Waals surface area (Å²) in [5.41, 5.74) is -2.57. The predicted molar refractivity (Wildman–Crippen MR) is 104 cm³/mol. The average Bonchev–Trinajstić information content (AvgIpc) is 2.69. The van der Waals surface area contributed by atoms with Crippen molar-refractivity contribution in [2.24, 2.45) is 0 Å². The van der Waals surface area contributed by atoms with Gasteiger partial charge in [0, 0.05) is 35.1 Å². The van der Waals surface area contributed by atoms with E-state index in [1.807, 2.05) is 0 Å². The lowest BCUT2D eigenvalue weighted by Gasteiger charge is -2.43. The summed E-state index contributed by atoms with van der Waals surface area (Å²) in [6.45, 7) is -0.424. The fraction of sp³-hybridized carbons (Fsp3) is 0.400. The van der Waals surface area contributed by atoms with E-state index in [2.05, 4.69) is 4.98 Å². The van der Waals surface area contributed by atoms with Crippen LogP contribution in [0.2, 0.25) is 5.02 Å². The minimum absolute atomic E-state index is 0.00139. The molecule has 1 heterocycles. The first-order chi connectivity index (χ1) is 14.0. The van der Waals surface area contributed by atoms with Gasteiger partial charge >= 0.3 is 6.18 Å². The molecule has 3 rings (SSSR count). The summed E-state index contributed by atoms with van der Waals surface area (Å²) in [7, 11) is 0. The molecule has 1 aliphatic rings. The fourth-order valence-electron chi connectivity index (χ4n) is 3.70. The first-order valence-electron chi connectivity index (χ1n) is 9.12. The Hall–Kier alpha value is -1.90. The molecule has 1 aliphatic carbocycles. The van der Waals surface area contributed by atoms with Crippen molar-refractivity contribution in [1.29, 1.82) is 0 Å². The van der Waals surface area contributed by atoms with Crippen LogP contribution < -0.4 is 0 Å². The van der Waals surface area contributed by atoms with E-state index in [0.717, 1.165) is 6.20 Å². The van der Waals surface area contributed by atoms with Crippen molar-refractivity contribution in [3.8, 4) is 0 Å². The van der Waals surface area contributed by atoms with Crippen LogP contribution in [-0.2, 0) is 6.18 Å². The van der Waals surface area contributed by atoms with Gasteiger partial charge in [-0.2, -0.15) is 13.2 Å². The number of carbonyl (C=O) groups excluding carboxylic acids is 1. The minimum atomic E-state index is -4.67. The molecular weight excluding hydrogens is 447 g/mol. The van der Waals surface area contributed by atoms with Crippen LogP contribution in [0.5, 0.6) is 0 Å². The predicted octanol–water partition coefficient (Wildman–Crippen LogP) is 5.39. The normalized spacial score (nSPS) is 24.5. The minimum Gasteiger partial charge on any atom is -0.387 e. The van der Waals surface area contributed by atoms with Crippen LogP contribution in [0, 0.1) is 0 Å². The fourth-order valence-corrected chi connectivity index (χ4v) is 4.27. The molecule has 3 unspecified atom stereocenters. The quantitative estimate of drug-likeness (QED) is 0.487. The van der Waals surface area contributed by atoms with Gasteiger partial charge in [-0.15, -0.1) is 0 Å². The molecule has 3 atom stereocenters. The van der Waals surface area contributed by atoms with Crippen molar-refractivity contribution in [3.05, 3.63) is 64.4 Å². The van der Waals surface area contributed by atoms with Gasteiger partial charge in [0.2, 0.25) is 0 Å². The molecule has 0 bridgehead atoms. The average molecular weight is 465 g/mol. The second-order valence-electron chi connectivity index (χ2n) is 7.33. The number of halogens is 6. The highest BCUT2D eigenvalue weighted by Crippen LogP contribution is 2.45. The van der Waals surface area contributed by atoms with Crippen LogP contribution in [0.4, 0.5) is 17.6 Å². The first-order valence-corrected chi connectivity index (χ1v) is 9.83. The van der Waals surface area contributed by atoms with Gasteiger partial charge in [0.15, 0.2) is 0 Å². The largest absolute Gasteiger partial charge is 0.417 e. The molecule has 1 aromatic heterocycles. The van der Waals surface area contributed by atoms with Crippen molar-refractivity contribution in [3.63, 3.8) is 0 Å². The summed E-state index contributed by atoms with van der Waals surface area (Å²) in [4.78, 5) is 16.0. The van der Waals surface area contributed by atoms with Crippen LogP contribution in [-0.4, -0.2) is 38.7 Å². The van der Waals surface area contributed by atoms with E-state index in [1.165, 1.54) is 0 Å². The molecule has 10 heteroatoms. The molecule has 1 aromatic carbocycles. The Labute approximate surface area is 180 Å². The van der Waals surface area contributed by atoms with Gasteiger partial charge < -0.3 is 5.11 Å². The molecule has 1 saturated carbocycles. The summed E-state index contributed by atoms with van der Waals surface area (Å²) in [5.74, 6) is -1.70. The summed E-state index contributed by atoms with van der Waals surface area (Å²) >= 11 is 12.3. The Morgan fingerprint density at radius 1 is 1.30 bits per heavy atom. The van der Waals surface area contributed by atoms with Crippen molar-refractivity contribution in [2.45, 2.75) is 43.1 Å². The smallest absolute Gasteiger partial charge is 0.387 e. The summed E-state index contributed by atoms with van der Waals surface area (Å²) in [6, 6.07) is 7.29. The lowest BCUT2D eigenvalue weighted by atomic mass is 9.71. The summed E-state index contributed by atoms with van der Waals surface area (Å²) in [6.07, 6.45) is -4.25. The number of carbonyl (C=O) groups is 1. The highest BCUT2D eigenvalue weighted by Gasteiger charge is 2.45. The highest BCUT2D eigenvalue weighted by molar-refractivity contribution is 6.31. The zero-order chi connectivity index (χ0) is 22.1. The van der Waals surface area contributed by atoms with Crippen LogP contribution >= 0.6 is 23.4 Å². The van der Waals surface area contributed by atoms with Gasteiger partial charge in [-0.1, -0.05) is 29.8 Å². The van der Waals surface area contributed by atoms with E-state index in [0.29, 0.717) is 27.3 Å². The maximum atomic E-state index is 14.1. The molecule has 0 aliphatic heterocycles. The van der Waals surface area contributed by atoms with E-state index in [4.69, 9.17) is 23.4 Å². The van der Waals surface area contributed by atoms with E-state index < -0.39 is 41.9 Å². The van der Waals surface area contributed by atoms with Gasteiger partial charge in [-0.25, -0.2) is 8.81 Å². The number of aliphatic hydroxyl groups is 1. The van der Waals surface area contributed by atoms with Gasteiger partial charge in [-0.05, 0) is 37.0 Å². The van der Waals surface area contributed by atoms with Crippen molar-refractivity contribution in [2.75, 3.05) is 6.54 Å². The number of benzene rings is 1. The van der Waals surface area contributed by atoms with Gasteiger partial charge in [0.25, 0.3) is 5.91 Å². The number of hydrogen-bond acceptors (Lipinski definition) is 3. The van der Waals surface area contributed by atoms with E-state index in [-0.39, 0.29) is 24.8 Å². The topological polar surface area (TPSA) is 53.4 Å². The van der Waals surface area contributed by atoms with Crippen LogP contribution in [0.3, 0.4) is 0 Å². The van der Waals surface area contributed by atoms with Crippen molar-refractivity contribution >= 4 is 29.3 Å². The molecule has 0 saturated heterocycles. The molecule has 1 amide bonds. The molecular formula is C20H18Cl2F4N2O2. The third-order valence-electron chi connectivity index (χ3n) is 5.26. The Balaban J connectivity index is 1.85. The first kappa shape index (κ1) is 22.8. The molecule has 0 radical (unpaired) electrons. The molecule has 30 heavy (non-hydrogen) atoms. The molecule has 1 fully saturated rings. The van der Waals surface area contributed by atoms with Crippen LogP contribution in [0.15, 0.2) is 42.7 Å². The number of aromatic nitrogens is 1. The van der Waals surface area contributed by atoms with Crippen molar-refractivity contribution in [1.82, 2.24) is 9.40 Å². The molecule has 1 N–H and O–H groups in total. The molecule has 2 aromatic rings. The number of hydrogen-bond donors (Lipinski definition) is 1. The maximum absolute atomic E-state index is 14.1. The van der Waals surface area contributed by atoms with Gasteiger partial charge in [0.05, 0.1) is 23.3 Å². The second kappa shape index (κ2) is 8.69. The number of pyridine rings is 1. The summed E-state index contributed by atoms with van der Waals surface area (Å²) < 4.78 is 53.4. The van der Waals surface area contributed by atoms with E-state index >= 15 is 0 Å². The molecule has 162 valence electrons. The number of amides is 1. The lowest BCUT2D eigenvalue weighted by molar-refractivity contribution is -0.137. The standard InChI is InChI=1S/C20H18Cl2F4N2O2/c21-17-4-2-1-3-15(17)16-8-14(23)5-6-19(16,30)11-28(22)18(29)12-7-13(10-27-9-12)20(24,25)26/h1-4,7,9-10,14,16,30H,5-6,8,11H2. The Kier molecular flexibility index (Phi) is 6.60. The zero-order valence-corrected chi connectivity index (χ0v) is 17.1. The Morgan fingerprint density at radius 3 is 2.67 bits per heavy atom. The van der Waals surface area contributed by atoms with Gasteiger partial charge in [-0.3, -0.25) is 9.78 Å². The van der Waals surface area contributed by atoms with Crippen LogP contribution in [0.1, 0.15) is 46.7 Å². The summed E-state index contributed by atoms with van der Waals surface area (Å²) in [5, 5.41) is 11.6. The number of nitrogens with zero attached hydrogens (tertiary/aromatic N) is 2. The highest BCUT2D eigenvalue weighted by atomic mass is 35.5. The van der Waals surface area contributed by atoms with E-state index in [9.17, 15) is 27.5 Å². The molecule has 0 spiro atoms. The van der Waals surface area contributed by atoms with Crippen LogP contribution in [0.25, 0.3) is 0 Å². The number of rotatable bonds is 4. The third kappa shape index (κ3) is 4.87. The lowest BCUT2D eigenvalue weighted by Crippen LogP contribution is -2.49. The maximum Gasteiger partial charge on any atom is 0.417 e. The Bertz CT molecular complexity index is 928. The van der Waals surface area contributed by atoms with E-state index in [1.54, 1.807) is 24.3 Å². The second-order valence-corrected chi connectivity index (χ2v) is 8.15. The Morgan fingerprint density at radius 2 is 2.00 bits per heavy atom.